The Morgan fingerprint density at radius 1 is 1.13 bits per heavy atom. The van der Waals surface area contributed by atoms with Gasteiger partial charge in [-0.3, -0.25) is 4.79 Å². The first-order chi connectivity index (χ1) is 17.8. The molecule has 6 nitrogen and oxygen atoms in total. The van der Waals surface area contributed by atoms with E-state index >= 15 is 0 Å². The number of benzene rings is 1. The molecule has 10 heteroatoms. The van der Waals surface area contributed by atoms with E-state index in [1.54, 1.807) is 20.8 Å². The molecule has 0 bridgehead atoms. The van der Waals surface area contributed by atoms with Gasteiger partial charge in [0.25, 0.3) is 0 Å². The summed E-state index contributed by atoms with van der Waals surface area (Å²) in [6, 6.07) is 0. The number of carbonyl (C=O) groups is 2. The zero-order valence-electron chi connectivity index (χ0n) is 23.1. The summed E-state index contributed by atoms with van der Waals surface area (Å²) in [5.41, 5.74) is -1.04. The Hall–Kier alpha value is -2.67. The zero-order valence-corrected chi connectivity index (χ0v) is 23.1. The molecule has 1 fully saturated rings. The normalized spacial score (nSPS) is 23.2. The summed E-state index contributed by atoms with van der Waals surface area (Å²) < 4.78 is 58.4. The van der Waals surface area contributed by atoms with Crippen LogP contribution in [0.1, 0.15) is 70.4 Å². The van der Waals surface area contributed by atoms with Gasteiger partial charge < -0.3 is 19.5 Å². The van der Waals surface area contributed by atoms with Crippen LogP contribution in [-0.4, -0.2) is 44.8 Å². The summed E-state index contributed by atoms with van der Waals surface area (Å²) in [6.07, 6.45) is 2.90. The van der Waals surface area contributed by atoms with E-state index < -0.39 is 46.9 Å². The molecule has 0 aliphatic heterocycles. The maximum Gasteiger partial charge on any atom is 0.407 e. The Morgan fingerprint density at radius 2 is 1.79 bits per heavy atom. The van der Waals surface area contributed by atoms with E-state index in [-0.39, 0.29) is 35.9 Å². The van der Waals surface area contributed by atoms with E-state index in [9.17, 15) is 22.8 Å². The number of nitrogens with one attached hydrogen (secondary N) is 1. The van der Waals surface area contributed by atoms with Crippen LogP contribution in [0, 0.1) is 55.0 Å². The molecule has 1 aromatic carbocycles. The number of carbonyl (C=O) groups excluding carboxylic acids is 2. The Labute approximate surface area is 223 Å². The highest BCUT2D eigenvalue weighted by Gasteiger charge is 2.59. The molecule has 1 N–H and O–H groups in total. The molecular formula is C28H37BF3NO5. The van der Waals surface area contributed by atoms with Crippen LogP contribution in [0.25, 0.3) is 0 Å². The van der Waals surface area contributed by atoms with Gasteiger partial charge in [-0.1, -0.05) is 0 Å². The molecule has 1 aromatic rings. The van der Waals surface area contributed by atoms with Crippen molar-refractivity contribution in [2.24, 2.45) is 11.8 Å². The average Bonchev–Trinajstić information content (AvgIpc) is 3.40. The number of hydrogen-bond acceptors (Lipinski definition) is 5. The SMILES string of the molecule is BC12CCC#CCCC1C2COC(=O)NC(C)(C)COC(C)CCC(=O)Oc1c(F)c(C)c(C)c(F)c1F. The van der Waals surface area contributed by atoms with Crippen LogP contribution in [0.15, 0.2) is 0 Å². The lowest BCUT2D eigenvalue weighted by Gasteiger charge is -2.27. The Kier molecular flexibility index (Phi) is 9.45. The highest BCUT2D eigenvalue weighted by molar-refractivity contribution is 6.18. The standard InChI is InChI=1S/C28H37BF3NO5/c1-16(11-12-21(34)38-25-23(31)18(3)17(2)22(30)24(25)32)37-15-27(4,5)33-26(35)36-14-20-19-10-8-6-7-9-13-28(19,20)29/h16,19-20H,8-15,29H2,1-5H3,(H,33,35). The van der Waals surface area contributed by atoms with Crippen molar-refractivity contribution in [3.8, 4) is 17.6 Å². The fourth-order valence-corrected chi connectivity index (χ4v) is 5.09. The lowest BCUT2D eigenvalue weighted by molar-refractivity contribution is -0.135. The molecule has 4 atom stereocenters. The van der Waals surface area contributed by atoms with E-state index in [2.05, 4.69) is 25.0 Å². The van der Waals surface area contributed by atoms with Crippen molar-refractivity contribution in [2.75, 3.05) is 13.2 Å². The molecular weight excluding hydrogens is 498 g/mol. The third-order valence-electron chi connectivity index (χ3n) is 7.91. The number of rotatable bonds is 10. The van der Waals surface area contributed by atoms with Crippen molar-refractivity contribution in [1.29, 1.82) is 0 Å². The number of ether oxygens (including phenoxy) is 3. The molecule has 0 heterocycles. The summed E-state index contributed by atoms with van der Waals surface area (Å²) in [7, 11) is 2.25. The highest BCUT2D eigenvalue weighted by Crippen LogP contribution is 2.68. The summed E-state index contributed by atoms with van der Waals surface area (Å²) >= 11 is 0. The van der Waals surface area contributed by atoms with Crippen molar-refractivity contribution in [3.63, 3.8) is 0 Å². The van der Waals surface area contributed by atoms with Crippen molar-refractivity contribution in [2.45, 2.75) is 90.1 Å². The number of amides is 1. The molecule has 2 aliphatic rings. The van der Waals surface area contributed by atoms with Gasteiger partial charge >= 0.3 is 12.1 Å². The molecule has 0 saturated heterocycles. The summed E-state index contributed by atoms with van der Waals surface area (Å²) in [5, 5.41) is 3.01. The van der Waals surface area contributed by atoms with Crippen LogP contribution in [0.3, 0.4) is 0 Å². The second-order valence-electron chi connectivity index (χ2n) is 11.4. The van der Waals surface area contributed by atoms with Gasteiger partial charge in [0.2, 0.25) is 11.6 Å². The first kappa shape index (κ1) is 29.9. The molecule has 0 radical (unpaired) electrons. The largest absolute Gasteiger partial charge is 0.449 e. The van der Waals surface area contributed by atoms with E-state index in [0.717, 1.165) is 25.7 Å². The second-order valence-corrected chi connectivity index (χ2v) is 11.4. The molecule has 0 aromatic heterocycles. The van der Waals surface area contributed by atoms with Gasteiger partial charge in [-0.05, 0) is 82.2 Å². The highest BCUT2D eigenvalue weighted by atomic mass is 19.2. The number of alkyl carbamates (subject to hydrolysis) is 1. The van der Waals surface area contributed by atoms with Crippen LogP contribution in [-0.2, 0) is 14.3 Å². The Morgan fingerprint density at radius 3 is 2.50 bits per heavy atom. The van der Waals surface area contributed by atoms with Gasteiger partial charge in [0, 0.05) is 19.3 Å². The number of fused-ring (bicyclic) bond motifs is 1. The van der Waals surface area contributed by atoms with Gasteiger partial charge in [-0.25, -0.2) is 13.6 Å². The smallest absolute Gasteiger partial charge is 0.407 e. The van der Waals surface area contributed by atoms with E-state index in [1.807, 2.05) is 0 Å². The predicted molar refractivity (Wildman–Crippen MR) is 139 cm³/mol. The van der Waals surface area contributed by atoms with Crippen molar-refractivity contribution < 1.29 is 37.0 Å². The van der Waals surface area contributed by atoms with Crippen molar-refractivity contribution >= 4 is 19.9 Å². The van der Waals surface area contributed by atoms with Crippen LogP contribution >= 0.6 is 0 Å². The average molecular weight is 535 g/mol. The fourth-order valence-electron chi connectivity index (χ4n) is 5.09. The molecule has 3 rings (SSSR count). The van der Waals surface area contributed by atoms with Crippen LogP contribution in [0.5, 0.6) is 5.75 Å². The minimum atomic E-state index is -1.53. The number of esters is 1. The lowest BCUT2D eigenvalue weighted by Crippen LogP contribution is -2.48. The first-order valence-electron chi connectivity index (χ1n) is 13.1. The van der Waals surface area contributed by atoms with E-state index in [4.69, 9.17) is 14.2 Å². The fraction of sp³-hybridized carbons (Fsp3) is 0.643. The van der Waals surface area contributed by atoms with E-state index in [0.29, 0.717) is 18.4 Å². The quantitative estimate of drug-likeness (QED) is 0.151. The third-order valence-corrected chi connectivity index (χ3v) is 7.91. The topological polar surface area (TPSA) is 73.9 Å². The van der Waals surface area contributed by atoms with Crippen molar-refractivity contribution in [3.05, 3.63) is 28.6 Å². The van der Waals surface area contributed by atoms with Gasteiger partial charge in [0.05, 0.1) is 24.9 Å². The molecule has 208 valence electrons. The Bertz CT molecular complexity index is 1100. The van der Waals surface area contributed by atoms with Crippen LogP contribution in [0.4, 0.5) is 18.0 Å². The van der Waals surface area contributed by atoms with Gasteiger partial charge in [0.15, 0.2) is 11.6 Å². The minimum Gasteiger partial charge on any atom is -0.449 e. The number of hydrogen-bond donors (Lipinski definition) is 1. The molecule has 1 saturated carbocycles. The molecule has 1 amide bonds. The third kappa shape index (κ3) is 7.05. The molecule has 0 spiro atoms. The number of halogens is 3. The monoisotopic (exact) mass is 535 g/mol. The maximum atomic E-state index is 14.3. The Balaban J connectivity index is 1.38. The van der Waals surface area contributed by atoms with E-state index in [1.165, 1.54) is 13.8 Å². The molecule has 4 unspecified atom stereocenters. The van der Waals surface area contributed by atoms with Crippen molar-refractivity contribution in [1.82, 2.24) is 5.32 Å². The van der Waals surface area contributed by atoms with Gasteiger partial charge in [-0.15, -0.1) is 11.8 Å². The summed E-state index contributed by atoms with van der Waals surface area (Å²) in [5.74, 6) is 1.43. The minimum absolute atomic E-state index is 0.123. The van der Waals surface area contributed by atoms with Crippen LogP contribution in [0.2, 0.25) is 5.31 Å². The maximum absolute atomic E-state index is 14.3. The zero-order chi connectivity index (χ0) is 28.3. The van der Waals surface area contributed by atoms with Gasteiger partial charge in [0.1, 0.15) is 7.85 Å². The molecule has 38 heavy (non-hydrogen) atoms. The van der Waals surface area contributed by atoms with Crippen LogP contribution < -0.4 is 10.1 Å². The first-order valence-corrected chi connectivity index (χ1v) is 13.1. The lowest BCUT2D eigenvalue weighted by atomic mass is 9.75. The summed E-state index contributed by atoms with van der Waals surface area (Å²) in [4.78, 5) is 24.6. The summed E-state index contributed by atoms with van der Waals surface area (Å²) in [6.45, 7) is 8.34. The van der Waals surface area contributed by atoms with Gasteiger partial charge in [-0.2, -0.15) is 4.39 Å². The molecule has 2 aliphatic carbocycles. The predicted octanol–water partition coefficient (Wildman–Crippen LogP) is 4.93. The second kappa shape index (κ2) is 12.0.